The van der Waals surface area contributed by atoms with Crippen molar-refractivity contribution in [3.8, 4) is 0 Å². The molecule has 1 saturated heterocycles. The van der Waals surface area contributed by atoms with Crippen LogP contribution in [0.5, 0.6) is 0 Å². The highest BCUT2D eigenvalue weighted by atomic mass is 16.8. The van der Waals surface area contributed by atoms with Gasteiger partial charge in [0.15, 0.2) is 5.60 Å². The fourth-order valence-electron chi connectivity index (χ4n) is 1.45. The van der Waals surface area contributed by atoms with Crippen LogP contribution in [0.3, 0.4) is 0 Å². The summed E-state index contributed by atoms with van der Waals surface area (Å²) in [4.78, 5) is 10.9. The van der Waals surface area contributed by atoms with Gasteiger partial charge in [0.2, 0.25) is 0 Å². The van der Waals surface area contributed by atoms with E-state index in [1.54, 1.807) is 6.08 Å². The second-order valence-electron chi connectivity index (χ2n) is 3.10. The van der Waals surface area contributed by atoms with Crippen molar-refractivity contribution in [1.82, 2.24) is 0 Å². The third kappa shape index (κ3) is 1.27. The van der Waals surface area contributed by atoms with E-state index in [1.165, 1.54) is 0 Å². The molecule has 1 aliphatic rings. The Morgan fingerprint density at radius 1 is 1.36 bits per heavy atom. The second kappa shape index (κ2) is 3.18. The van der Waals surface area contributed by atoms with Crippen LogP contribution in [0.2, 0.25) is 0 Å². The molecule has 1 fully saturated rings. The number of rotatable bonds is 2. The topological polar surface area (TPSA) is 35.5 Å². The maximum absolute atomic E-state index is 10.9. The van der Waals surface area contributed by atoms with Gasteiger partial charge in [-0.1, -0.05) is 36.9 Å². The summed E-state index contributed by atoms with van der Waals surface area (Å²) in [5.74, 6) is 0. The lowest BCUT2D eigenvalue weighted by molar-refractivity contribution is 0.0888. The number of carbonyl (C=O) groups is 1. The van der Waals surface area contributed by atoms with Crippen molar-refractivity contribution in [3.05, 3.63) is 48.6 Å². The normalized spacial score (nSPS) is 25.3. The SMILES string of the molecule is C=CC1(c2ccccc2)COC(=O)O1. The fourth-order valence-corrected chi connectivity index (χ4v) is 1.45. The molecule has 1 aromatic rings. The zero-order valence-corrected chi connectivity index (χ0v) is 7.60. The van der Waals surface area contributed by atoms with Crippen molar-refractivity contribution >= 4 is 6.16 Å². The molecule has 0 aliphatic carbocycles. The maximum Gasteiger partial charge on any atom is 0.509 e. The van der Waals surface area contributed by atoms with Gasteiger partial charge in [-0.05, 0) is 6.08 Å². The number of carbonyl (C=O) groups excluding carboxylic acids is 1. The molecule has 1 atom stereocenters. The molecule has 0 N–H and O–H groups in total. The molecule has 72 valence electrons. The first-order chi connectivity index (χ1) is 6.77. The van der Waals surface area contributed by atoms with Crippen LogP contribution in [-0.2, 0) is 15.1 Å². The summed E-state index contributed by atoms with van der Waals surface area (Å²) < 4.78 is 9.89. The molecule has 0 bridgehead atoms. The summed E-state index contributed by atoms with van der Waals surface area (Å²) in [7, 11) is 0. The Labute approximate surface area is 81.9 Å². The third-order valence-corrected chi connectivity index (χ3v) is 2.26. The maximum atomic E-state index is 10.9. The summed E-state index contributed by atoms with van der Waals surface area (Å²) in [6, 6.07) is 9.42. The number of hydrogen-bond donors (Lipinski definition) is 0. The zero-order chi connectivity index (χ0) is 10.0. The molecule has 0 amide bonds. The fraction of sp³-hybridized carbons (Fsp3) is 0.182. The van der Waals surface area contributed by atoms with Crippen molar-refractivity contribution in [2.24, 2.45) is 0 Å². The van der Waals surface area contributed by atoms with Crippen LogP contribution >= 0.6 is 0 Å². The molecule has 1 aromatic carbocycles. The Hall–Kier alpha value is -1.77. The molecule has 3 heteroatoms. The van der Waals surface area contributed by atoms with Crippen LogP contribution < -0.4 is 0 Å². The van der Waals surface area contributed by atoms with E-state index in [2.05, 4.69) is 6.58 Å². The summed E-state index contributed by atoms with van der Waals surface area (Å²) in [6.45, 7) is 3.86. The van der Waals surface area contributed by atoms with Gasteiger partial charge in [-0.3, -0.25) is 0 Å². The number of cyclic esters (lactones) is 2. The van der Waals surface area contributed by atoms with Crippen molar-refractivity contribution in [2.45, 2.75) is 5.60 Å². The number of hydrogen-bond acceptors (Lipinski definition) is 3. The minimum absolute atomic E-state index is 0.194. The predicted molar refractivity (Wildman–Crippen MR) is 50.8 cm³/mol. The van der Waals surface area contributed by atoms with Gasteiger partial charge in [-0.25, -0.2) is 4.79 Å². The van der Waals surface area contributed by atoms with Crippen LogP contribution in [0.15, 0.2) is 43.0 Å². The first-order valence-electron chi connectivity index (χ1n) is 4.32. The van der Waals surface area contributed by atoms with Crippen molar-refractivity contribution in [1.29, 1.82) is 0 Å². The lowest BCUT2D eigenvalue weighted by Crippen LogP contribution is -2.25. The van der Waals surface area contributed by atoms with Gasteiger partial charge in [0.1, 0.15) is 6.61 Å². The molecule has 0 aromatic heterocycles. The highest BCUT2D eigenvalue weighted by molar-refractivity contribution is 5.64. The molecule has 0 spiro atoms. The molecule has 14 heavy (non-hydrogen) atoms. The average molecular weight is 190 g/mol. The summed E-state index contributed by atoms with van der Waals surface area (Å²) in [5, 5.41) is 0. The Morgan fingerprint density at radius 2 is 2.07 bits per heavy atom. The molecule has 0 radical (unpaired) electrons. The first kappa shape index (κ1) is 8.81. The van der Waals surface area contributed by atoms with E-state index in [9.17, 15) is 4.79 Å². The molecule has 1 heterocycles. The smallest absolute Gasteiger partial charge is 0.429 e. The Balaban J connectivity index is 2.39. The van der Waals surface area contributed by atoms with E-state index in [-0.39, 0.29) is 6.61 Å². The van der Waals surface area contributed by atoms with Crippen LogP contribution in [0, 0.1) is 0 Å². The highest BCUT2D eigenvalue weighted by Crippen LogP contribution is 2.32. The van der Waals surface area contributed by atoms with E-state index in [0.717, 1.165) is 5.56 Å². The van der Waals surface area contributed by atoms with Crippen molar-refractivity contribution < 1.29 is 14.3 Å². The van der Waals surface area contributed by atoms with E-state index >= 15 is 0 Å². The lowest BCUT2D eigenvalue weighted by Gasteiger charge is -2.20. The largest absolute Gasteiger partial charge is 0.509 e. The highest BCUT2D eigenvalue weighted by Gasteiger charge is 2.41. The van der Waals surface area contributed by atoms with Crippen molar-refractivity contribution in [2.75, 3.05) is 6.61 Å². The van der Waals surface area contributed by atoms with Gasteiger partial charge >= 0.3 is 6.16 Å². The summed E-state index contributed by atoms with van der Waals surface area (Å²) in [6.07, 6.45) is 0.946. The molecule has 3 nitrogen and oxygen atoms in total. The average Bonchev–Trinajstić information content (AvgIpc) is 2.63. The van der Waals surface area contributed by atoms with Crippen molar-refractivity contribution in [3.63, 3.8) is 0 Å². The summed E-state index contributed by atoms with van der Waals surface area (Å²) >= 11 is 0. The van der Waals surface area contributed by atoms with E-state index in [1.807, 2.05) is 30.3 Å². The lowest BCUT2D eigenvalue weighted by atomic mass is 9.95. The second-order valence-corrected chi connectivity index (χ2v) is 3.10. The van der Waals surface area contributed by atoms with Crippen LogP contribution in [0.1, 0.15) is 5.56 Å². The standard InChI is InChI=1S/C11H10O3/c1-2-11(8-13-10(12)14-11)9-6-4-3-5-7-9/h2-7H,1,8H2. The number of benzene rings is 1. The molecule has 1 unspecified atom stereocenters. The molecule has 0 saturated carbocycles. The molecule has 2 rings (SSSR count). The minimum Gasteiger partial charge on any atom is -0.429 e. The Morgan fingerprint density at radius 3 is 2.57 bits per heavy atom. The van der Waals surface area contributed by atoms with Gasteiger partial charge in [0.05, 0.1) is 0 Å². The quantitative estimate of drug-likeness (QED) is 0.530. The van der Waals surface area contributed by atoms with Gasteiger partial charge in [0.25, 0.3) is 0 Å². The summed E-state index contributed by atoms with van der Waals surface area (Å²) in [5.41, 5.74) is 0.0686. The minimum atomic E-state index is -0.807. The zero-order valence-electron chi connectivity index (χ0n) is 7.60. The van der Waals surface area contributed by atoms with Crippen LogP contribution in [0.4, 0.5) is 4.79 Å². The molecular formula is C11H10O3. The number of ether oxygens (including phenoxy) is 2. The third-order valence-electron chi connectivity index (χ3n) is 2.26. The van der Waals surface area contributed by atoms with Crippen LogP contribution in [-0.4, -0.2) is 12.8 Å². The van der Waals surface area contributed by atoms with E-state index in [0.29, 0.717) is 0 Å². The van der Waals surface area contributed by atoms with Crippen LogP contribution in [0.25, 0.3) is 0 Å². The van der Waals surface area contributed by atoms with Gasteiger partial charge < -0.3 is 9.47 Å². The first-order valence-corrected chi connectivity index (χ1v) is 4.32. The van der Waals surface area contributed by atoms with E-state index in [4.69, 9.17) is 9.47 Å². The molecule has 1 aliphatic heterocycles. The van der Waals surface area contributed by atoms with Gasteiger partial charge in [-0.2, -0.15) is 0 Å². The van der Waals surface area contributed by atoms with Gasteiger partial charge in [-0.15, -0.1) is 0 Å². The Kier molecular flexibility index (Phi) is 2.00. The van der Waals surface area contributed by atoms with E-state index < -0.39 is 11.8 Å². The Bertz CT molecular complexity index is 358. The van der Waals surface area contributed by atoms with Gasteiger partial charge in [0, 0.05) is 5.56 Å². The molecular weight excluding hydrogens is 180 g/mol. The monoisotopic (exact) mass is 190 g/mol. The predicted octanol–water partition coefficient (Wildman–Crippen LogP) is 2.23.